The summed E-state index contributed by atoms with van der Waals surface area (Å²) < 4.78 is 12.5. The molecule has 5 heteroatoms. The molecule has 0 aliphatic carbocycles. The Morgan fingerprint density at radius 1 is 0.917 bits per heavy atom. The molecular weight excluding hydrogens is 302 g/mol. The number of methoxy groups -OCH3 is 2. The van der Waals surface area contributed by atoms with Gasteiger partial charge in [0.15, 0.2) is 0 Å². The predicted molar refractivity (Wildman–Crippen MR) is 93.7 cm³/mol. The monoisotopic (exact) mass is 323 g/mol. The van der Waals surface area contributed by atoms with E-state index in [1.165, 1.54) is 0 Å². The van der Waals surface area contributed by atoms with Gasteiger partial charge in [-0.1, -0.05) is 18.2 Å². The fourth-order valence-electron chi connectivity index (χ4n) is 2.49. The maximum Gasteiger partial charge on any atom is 0.122 e. The van der Waals surface area contributed by atoms with E-state index in [9.17, 15) is 0 Å². The van der Waals surface area contributed by atoms with Crippen LogP contribution in [0.25, 0.3) is 5.69 Å². The van der Waals surface area contributed by atoms with Crippen LogP contribution in [0, 0.1) is 0 Å². The molecule has 1 N–H and O–H groups in total. The van der Waals surface area contributed by atoms with E-state index < -0.39 is 0 Å². The lowest BCUT2D eigenvalue weighted by Gasteiger charge is -2.09. The summed E-state index contributed by atoms with van der Waals surface area (Å²) in [5.74, 6) is 1.59. The second-order valence-corrected chi connectivity index (χ2v) is 5.45. The van der Waals surface area contributed by atoms with Gasteiger partial charge in [-0.05, 0) is 29.8 Å². The van der Waals surface area contributed by atoms with Gasteiger partial charge in [0.05, 0.1) is 26.1 Å². The van der Waals surface area contributed by atoms with Gasteiger partial charge in [0.25, 0.3) is 0 Å². The van der Waals surface area contributed by atoms with E-state index in [0.717, 1.165) is 41.4 Å². The number of para-hydroxylation sites is 1. The zero-order valence-electron chi connectivity index (χ0n) is 13.9. The molecular formula is C19H21N3O2. The van der Waals surface area contributed by atoms with Gasteiger partial charge in [-0.3, -0.25) is 0 Å². The van der Waals surface area contributed by atoms with E-state index in [2.05, 4.69) is 10.4 Å². The smallest absolute Gasteiger partial charge is 0.122 e. The largest absolute Gasteiger partial charge is 0.497 e. The fraction of sp³-hybridized carbons (Fsp3) is 0.211. The highest BCUT2D eigenvalue weighted by atomic mass is 16.5. The van der Waals surface area contributed by atoms with Gasteiger partial charge in [0.2, 0.25) is 0 Å². The van der Waals surface area contributed by atoms with Crippen molar-refractivity contribution in [3.63, 3.8) is 0 Å². The number of nitrogens with zero attached hydrogens (tertiary/aromatic N) is 2. The minimum Gasteiger partial charge on any atom is -0.497 e. The van der Waals surface area contributed by atoms with Crippen molar-refractivity contribution >= 4 is 0 Å². The average molecular weight is 323 g/mol. The van der Waals surface area contributed by atoms with Crippen LogP contribution < -0.4 is 14.8 Å². The summed E-state index contributed by atoms with van der Waals surface area (Å²) in [6.45, 7) is 1.47. The third kappa shape index (κ3) is 3.94. The van der Waals surface area contributed by atoms with Crippen molar-refractivity contribution in [2.24, 2.45) is 0 Å². The third-order valence-electron chi connectivity index (χ3n) is 3.73. The van der Waals surface area contributed by atoms with Crippen molar-refractivity contribution in [3.05, 3.63) is 72.1 Å². The summed E-state index contributed by atoms with van der Waals surface area (Å²) in [5.41, 5.74) is 3.30. The number of rotatable bonds is 7. The highest BCUT2D eigenvalue weighted by molar-refractivity contribution is 5.38. The van der Waals surface area contributed by atoms with Gasteiger partial charge in [0.1, 0.15) is 11.5 Å². The number of hydrogen-bond donors (Lipinski definition) is 1. The summed E-state index contributed by atoms with van der Waals surface area (Å²) in [6, 6.07) is 16.0. The van der Waals surface area contributed by atoms with Gasteiger partial charge in [-0.25, -0.2) is 4.68 Å². The fourth-order valence-corrected chi connectivity index (χ4v) is 2.49. The van der Waals surface area contributed by atoms with E-state index in [1.54, 1.807) is 14.2 Å². The Morgan fingerprint density at radius 2 is 1.58 bits per heavy atom. The van der Waals surface area contributed by atoms with E-state index in [0.29, 0.717) is 0 Å². The van der Waals surface area contributed by atoms with E-state index in [4.69, 9.17) is 9.47 Å². The first-order valence-electron chi connectivity index (χ1n) is 7.80. The molecule has 0 spiro atoms. The third-order valence-corrected chi connectivity index (χ3v) is 3.73. The predicted octanol–water partition coefficient (Wildman–Crippen LogP) is 3.18. The molecule has 2 aromatic carbocycles. The highest BCUT2D eigenvalue weighted by Crippen LogP contribution is 2.22. The van der Waals surface area contributed by atoms with Crippen LogP contribution in [0.15, 0.2) is 60.9 Å². The second-order valence-electron chi connectivity index (χ2n) is 5.45. The molecule has 0 fully saturated rings. The number of nitrogens with one attached hydrogen (secondary N) is 1. The molecule has 5 nitrogen and oxygen atoms in total. The Balaban J connectivity index is 1.60. The molecule has 24 heavy (non-hydrogen) atoms. The van der Waals surface area contributed by atoms with Crippen LogP contribution in [-0.2, 0) is 13.1 Å². The molecule has 0 radical (unpaired) electrons. The highest BCUT2D eigenvalue weighted by Gasteiger charge is 2.03. The maximum absolute atomic E-state index is 5.29. The molecule has 0 bridgehead atoms. The molecule has 0 aliphatic rings. The normalized spacial score (nSPS) is 10.6. The van der Waals surface area contributed by atoms with Crippen molar-refractivity contribution in [2.75, 3.05) is 14.2 Å². The lowest BCUT2D eigenvalue weighted by molar-refractivity contribution is 0.393. The van der Waals surface area contributed by atoms with Crippen LogP contribution in [0.4, 0.5) is 0 Å². The molecule has 3 aromatic rings. The van der Waals surface area contributed by atoms with Crippen LogP contribution >= 0.6 is 0 Å². The van der Waals surface area contributed by atoms with Crippen LogP contribution in [-0.4, -0.2) is 24.0 Å². The molecule has 124 valence electrons. The van der Waals surface area contributed by atoms with E-state index in [-0.39, 0.29) is 0 Å². The minimum absolute atomic E-state index is 0.726. The SMILES string of the molecule is COc1cc(CNCc2cnn(-c3ccccc3)c2)cc(OC)c1. The minimum atomic E-state index is 0.726. The van der Waals surface area contributed by atoms with E-state index in [1.807, 2.05) is 65.6 Å². The summed E-state index contributed by atoms with van der Waals surface area (Å²) >= 11 is 0. The molecule has 0 aliphatic heterocycles. The summed E-state index contributed by atoms with van der Waals surface area (Å²) in [4.78, 5) is 0. The second kappa shape index (κ2) is 7.66. The molecule has 0 unspecified atom stereocenters. The maximum atomic E-state index is 5.29. The van der Waals surface area contributed by atoms with Crippen molar-refractivity contribution < 1.29 is 9.47 Å². The zero-order valence-corrected chi connectivity index (χ0v) is 13.9. The quantitative estimate of drug-likeness (QED) is 0.725. The van der Waals surface area contributed by atoms with Gasteiger partial charge in [-0.2, -0.15) is 5.10 Å². The van der Waals surface area contributed by atoms with Crippen LogP contribution in [0.5, 0.6) is 11.5 Å². The van der Waals surface area contributed by atoms with Crippen molar-refractivity contribution in [1.29, 1.82) is 0 Å². The zero-order chi connectivity index (χ0) is 16.8. The number of ether oxygens (including phenoxy) is 2. The molecule has 1 heterocycles. The Kier molecular flexibility index (Phi) is 5.13. The molecule has 3 rings (SSSR count). The Bertz CT molecular complexity index is 762. The van der Waals surface area contributed by atoms with E-state index >= 15 is 0 Å². The first kappa shape index (κ1) is 16.1. The lowest BCUT2D eigenvalue weighted by Crippen LogP contribution is -2.12. The Labute approximate surface area is 141 Å². The van der Waals surface area contributed by atoms with Crippen molar-refractivity contribution in [1.82, 2.24) is 15.1 Å². The molecule has 0 saturated heterocycles. The number of benzene rings is 2. The van der Waals surface area contributed by atoms with Crippen LogP contribution in [0.1, 0.15) is 11.1 Å². The first-order chi connectivity index (χ1) is 11.8. The van der Waals surface area contributed by atoms with Crippen LogP contribution in [0.2, 0.25) is 0 Å². The van der Waals surface area contributed by atoms with Gasteiger partial charge < -0.3 is 14.8 Å². The summed E-state index contributed by atoms with van der Waals surface area (Å²) in [7, 11) is 3.31. The van der Waals surface area contributed by atoms with Gasteiger partial charge in [-0.15, -0.1) is 0 Å². The Morgan fingerprint density at radius 3 is 2.25 bits per heavy atom. The number of aromatic nitrogens is 2. The standard InChI is InChI=1S/C19H21N3O2/c1-23-18-8-15(9-19(10-18)24-2)11-20-12-16-13-21-22(14-16)17-6-4-3-5-7-17/h3-10,13-14,20H,11-12H2,1-2H3. The molecule has 0 atom stereocenters. The Hall–Kier alpha value is -2.79. The summed E-state index contributed by atoms with van der Waals surface area (Å²) in [6.07, 6.45) is 3.92. The van der Waals surface area contributed by atoms with Gasteiger partial charge >= 0.3 is 0 Å². The molecule has 0 saturated carbocycles. The topological polar surface area (TPSA) is 48.3 Å². The summed E-state index contributed by atoms with van der Waals surface area (Å²) in [5, 5.41) is 7.82. The van der Waals surface area contributed by atoms with Crippen molar-refractivity contribution in [3.8, 4) is 17.2 Å². The first-order valence-corrected chi connectivity index (χ1v) is 7.80. The number of hydrogen-bond acceptors (Lipinski definition) is 4. The molecule has 1 aromatic heterocycles. The van der Waals surface area contributed by atoms with Crippen molar-refractivity contribution in [2.45, 2.75) is 13.1 Å². The molecule has 0 amide bonds. The van der Waals surface area contributed by atoms with Crippen LogP contribution in [0.3, 0.4) is 0 Å². The van der Waals surface area contributed by atoms with Gasteiger partial charge in [0, 0.05) is 30.9 Å². The average Bonchev–Trinajstić information content (AvgIpc) is 3.11. The lowest BCUT2D eigenvalue weighted by atomic mass is 10.2.